The normalized spacial score (nSPS) is 11.0. The summed E-state index contributed by atoms with van der Waals surface area (Å²) < 4.78 is 6.03. The van der Waals surface area contributed by atoms with Crippen LogP contribution in [0.1, 0.15) is 25.8 Å². The lowest BCUT2D eigenvalue weighted by Crippen LogP contribution is -2.06. The van der Waals surface area contributed by atoms with Crippen LogP contribution in [0.15, 0.2) is 36.4 Å². The Balaban J connectivity index is 2.16. The van der Waals surface area contributed by atoms with Crippen LogP contribution in [0.25, 0.3) is 6.08 Å². The molecule has 0 fully saturated rings. The van der Waals surface area contributed by atoms with Gasteiger partial charge in [-0.1, -0.05) is 54.2 Å². The second-order valence-corrected chi connectivity index (χ2v) is 5.56. The largest absolute Gasteiger partial charge is 0.476 e. The van der Waals surface area contributed by atoms with Crippen LogP contribution in [0.3, 0.4) is 0 Å². The standard InChI is InChI=1S/C14H18OS2/c1-12(2)15-14(16)17-11-7-6-10-13-8-4-3-5-9-13/h3-6,8-10,12H,7,11H2,1-2H3/b10-6+. The SMILES string of the molecule is CC(C)OC(=S)SCC/C=C/c1ccccc1. The van der Waals surface area contributed by atoms with Gasteiger partial charge < -0.3 is 4.74 Å². The molecule has 1 aromatic rings. The molecule has 0 saturated carbocycles. The van der Waals surface area contributed by atoms with Gasteiger partial charge in [0.05, 0.1) is 6.10 Å². The van der Waals surface area contributed by atoms with Gasteiger partial charge in [-0.3, -0.25) is 0 Å². The molecule has 0 N–H and O–H groups in total. The minimum atomic E-state index is 0.176. The van der Waals surface area contributed by atoms with E-state index in [-0.39, 0.29) is 6.10 Å². The Bertz CT molecular complexity index is 358. The Morgan fingerprint density at radius 1 is 1.35 bits per heavy atom. The van der Waals surface area contributed by atoms with Crippen molar-refractivity contribution in [2.24, 2.45) is 0 Å². The third-order valence-electron chi connectivity index (χ3n) is 1.95. The van der Waals surface area contributed by atoms with E-state index in [2.05, 4.69) is 24.3 Å². The monoisotopic (exact) mass is 266 g/mol. The van der Waals surface area contributed by atoms with Gasteiger partial charge in [-0.25, -0.2) is 0 Å². The fraction of sp³-hybridized carbons (Fsp3) is 0.357. The minimum absolute atomic E-state index is 0.176. The number of thiocarbonyl (C=S) groups is 1. The van der Waals surface area contributed by atoms with E-state index in [4.69, 9.17) is 17.0 Å². The molecule has 0 amide bonds. The molecule has 0 spiro atoms. The highest BCUT2D eigenvalue weighted by molar-refractivity contribution is 8.22. The minimum Gasteiger partial charge on any atom is -0.476 e. The number of thioether (sulfide) groups is 1. The van der Waals surface area contributed by atoms with Gasteiger partial charge in [0.2, 0.25) is 4.38 Å². The molecular weight excluding hydrogens is 248 g/mol. The molecule has 0 atom stereocenters. The van der Waals surface area contributed by atoms with Gasteiger partial charge >= 0.3 is 0 Å². The number of hydrogen-bond donors (Lipinski definition) is 0. The molecule has 0 saturated heterocycles. The highest BCUT2D eigenvalue weighted by Gasteiger charge is 2.00. The summed E-state index contributed by atoms with van der Waals surface area (Å²) in [4.78, 5) is 0. The molecule has 0 heterocycles. The fourth-order valence-electron chi connectivity index (χ4n) is 1.22. The molecule has 92 valence electrons. The molecule has 3 heteroatoms. The summed E-state index contributed by atoms with van der Waals surface area (Å²) in [5, 5.41) is 0. The average molecular weight is 266 g/mol. The van der Waals surface area contributed by atoms with Gasteiger partial charge in [0.25, 0.3) is 0 Å². The number of benzene rings is 1. The van der Waals surface area contributed by atoms with Crippen LogP contribution in [-0.2, 0) is 4.74 Å². The summed E-state index contributed by atoms with van der Waals surface area (Å²) in [7, 11) is 0. The summed E-state index contributed by atoms with van der Waals surface area (Å²) in [5.41, 5.74) is 1.23. The predicted molar refractivity (Wildman–Crippen MR) is 81.4 cm³/mol. The van der Waals surface area contributed by atoms with Crippen LogP contribution in [0.5, 0.6) is 0 Å². The van der Waals surface area contributed by atoms with Gasteiger partial charge in [0.1, 0.15) is 0 Å². The van der Waals surface area contributed by atoms with Crippen molar-refractivity contribution in [3.05, 3.63) is 42.0 Å². The van der Waals surface area contributed by atoms with Crippen molar-refractivity contribution in [2.75, 3.05) is 5.75 Å². The van der Waals surface area contributed by atoms with Crippen LogP contribution in [-0.4, -0.2) is 16.2 Å². The average Bonchev–Trinajstić information content (AvgIpc) is 2.29. The van der Waals surface area contributed by atoms with Crippen molar-refractivity contribution in [3.63, 3.8) is 0 Å². The number of allylic oxidation sites excluding steroid dienone is 1. The lowest BCUT2D eigenvalue weighted by molar-refractivity contribution is 0.243. The van der Waals surface area contributed by atoms with Crippen molar-refractivity contribution in [1.82, 2.24) is 0 Å². The lowest BCUT2D eigenvalue weighted by atomic mass is 10.2. The quantitative estimate of drug-likeness (QED) is 0.572. The molecule has 1 rings (SSSR count). The van der Waals surface area contributed by atoms with E-state index in [1.54, 1.807) is 11.8 Å². The van der Waals surface area contributed by atoms with Gasteiger partial charge in [0.15, 0.2) is 0 Å². The van der Waals surface area contributed by atoms with Crippen molar-refractivity contribution in [1.29, 1.82) is 0 Å². The van der Waals surface area contributed by atoms with Crippen LogP contribution < -0.4 is 0 Å². The maximum absolute atomic E-state index is 5.39. The molecule has 0 aliphatic rings. The number of hydrogen-bond acceptors (Lipinski definition) is 3. The molecule has 0 radical (unpaired) electrons. The van der Waals surface area contributed by atoms with E-state index >= 15 is 0 Å². The molecule has 0 aromatic heterocycles. The van der Waals surface area contributed by atoms with Crippen molar-refractivity contribution < 1.29 is 4.74 Å². The van der Waals surface area contributed by atoms with E-state index in [1.165, 1.54) is 5.56 Å². The van der Waals surface area contributed by atoms with E-state index in [0.29, 0.717) is 4.38 Å². The molecule has 1 nitrogen and oxygen atoms in total. The molecule has 0 bridgehead atoms. The van der Waals surface area contributed by atoms with Crippen LogP contribution >= 0.6 is 24.0 Å². The summed E-state index contributed by atoms with van der Waals surface area (Å²) in [6, 6.07) is 10.3. The second-order valence-electron chi connectivity index (χ2n) is 3.87. The smallest absolute Gasteiger partial charge is 0.220 e. The summed E-state index contributed by atoms with van der Waals surface area (Å²) in [6.45, 7) is 3.98. The first-order valence-electron chi connectivity index (χ1n) is 5.73. The Hall–Kier alpha value is -0.800. The highest BCUT2D eigenvalue weighted by atomic mass is 32.2. The zero-order valence-electron chi connectivity index (χ0n) is 10.3. The van der Waals surface area contributed by atoms with Crippen molar-refractivity contribution >= 4 is 34.4 Å². The zero-order valence-corrected chi connectivity index (χ0v) is 11.9. The molecule has 0 unspecified atom stereocenters. The van der Waals surface area contributed by atoms with E-state index < -0.39 is 0 Å². The Labute approximate surface area is 113 Å². The zero-order chi connectivity index (χ0) is 12.5. The first kappa shape index (κ1) is 14.3. The van der Waals surface area contributed by atoms with Gasteiger partial charge in [-0.2, -0.15) is 0 Å². The van der Waals surface area contributed by atoms with E-state index in [1.807, 2.05) is 32.0 Å². The lowest BCUT2D eigenvalue weighted by Gasteiger charge is -2.08. The highest BCUT2D eigenvalue weighted by Crippen LogP contribution is 2.10. The predicted octanol–water partition coefficient (Wildman–Crippen LogP) is 4.53. The van der Waals surface area contributed by atoms with Gasteiger partial charge in [-0.15, -0.1) is 0 Å². The van der Waals surface area contributed by atoms with Gasteiger partial charge in [0, 0.05) is 5.75 Å². The summed E-state index contributed by atoms with van der Waals surface area (Å²) in [5.74, 6) is 0.967. The van der Waals surface area contributed by atoms with Crippen LogP contribution in [0, 0.1) is 0 Å². The van der Waals surface area contributed by atoms with Crippen LogP contribution in [0.2, 0.25) is 0 Å². The molecule has 0 aliphatic heterocycles. The number of ether oxygens (including phenoxy) is 1. The first-order valence-corrected chi connectivity index (χ1v) is 7.13. The Kier molecular flexibility index (Phi) is 6.97. The van der Waals surface area contributed by atoms with E-state index in [0.717, 1.165) is 12.2 Å². The second kappa shape index (κ2) is 8.31. The molecular formula is C14H18OS2. The maximum atomic E-state index is 5.39. The summed E-state index contributed by atoms with van der Waals surface area (Å²) in [6.07, 6.45) is 5.48. The van der Waals surface area contributed by atoms with Crippen molar-refractivity contribution in [3.8, 4) is 0 Å². The number of rotatable bonds is 5. The maximum Gasteiger partial charge on any atom is 0.220 e. The summed E-state index contributed by atoms with van der Waals surface area (Å²) >= 11 is 6.69. The Morgan fingerprint density at radius 3 is 2.71 bits per heavy atom. The van der Waals surface area contributed by atoms with Crippen LogP contribution in [0.4, 0.5) is 0 Å². The first-order chi connectivity index (χ1) is 8.18. The Morgan fingerprint density at radius 2 is 2.06 bits per heavy atom. The fourth-order valence-corrected chi connectivity index (χ4v) is 2.34. The third-order valence-corrected chi connectivity index (χ3v) is 3.17. The molecule has 1 aromatic carbocycles. The molecule has 17 heavy (non-hydrogen) atoms. The third kappa shape index (κ3) is 7.18. The van der Waals surface area contributed by atoms with E-state index in [9.17, 15) is 0 Å². The topological polar surface area (TPSA) is 9.23 Å². The molecule has 0 aliphatic carbocycles. The van der Waals surface area contributed by atoms with Crippen molar-refractivity contribution in [2.45, 2.75) is 26.4 Å². The van der Waals surface area contributed by atoms with Gasteiger partial charge in [-0.05, 0) is 38.0 Å².